The van der Waals surface area contributed by atoms with Gasteiger partial charge in [-0.1, -0.05) is 19.4 Å². The van der Waals surface area contributed by atoms with Gasteiger partial charge < -0.3 is 5.11 Å². The number of aliphatic hydroxyl groups excluding tert-OH is 1. The van der Waals surface area contributed by atoms with Crippen molar-refractivity contribution < 1.29 is 19.1 Å². The third kappa shape index (κ3) is 1.68. The van der Waals surface area contributed by atoms with Crippen molar-refractivity contribution in [2.24, 2.45) is 22.7 Å². The SMILES string of the molecule is CC12CC(O)C3(F)C(CCC4=CC(=O)CCC43C)C1CCC2=O. The molecule has 0 radical (unpaired) electrons. The summed E-state index contributed by atoms with van der Waals surface area (Å²) in [5.74, 6) is 0.0112. The normalized spacial score (nSPS) is 52.5. The van der Waals surface area contributed by atoms with Gasteiger partial charge in [0.05, 0.1) is 6.10 Å². The third-order valence-corrected chi connectivity index (χ3v) is 7.75. The average molecular weight is 320 g/mol. The van der Waals surface area contributed by atoms with E-state index in [4.69, 9.17) is 0 Å². The monoisotopic (exact) mass is 320 g/mol. The zero-order chi connectivity index (χ0) is 16.6. The second-order valence-corrected chi connectivity index (χ2v) is 8.59. The van der Waals surface area contributed by atoms with Gasteiger partial charge in [-0.2, -0.15) is 0 Å². The number of hydrogen-bond acceptors (Lipinski definition) is 3. The van der Waals surface area contributed by atoms with Gasteiger partial charge in [-0.05, 0) is 44.1 Å². The molecule has 0 amide bonds. The van der Waals surface area contributed by atoms with Crippen molar-refractivity contribution >= 4 is 11.6 Å². The van der Waals surface area contributed by atoms with Crippen LogP contribution >= 0.6 is 0 Å². The summed E-state index contributed by atoms with van der Waals surface area (Å²) in [6.45, 7) is 3.81. The highest BCUT2D eigenvalue weighted by Crippen LogP contribution is 2.67. The van der Waals surface area contributed by atoms with Crippen LogP contribution in [0.25, 0.3) is 0 Å². The number of carbonyl (C=O) groups excluding carboxylic acids is 2. The molecule has 0 saturated heterocycles. The summed E-state index contributed by atoms with van der Waals surface area (Å²) in [6, 6.07) is 0. The van der Waals surface area contributed by atoms with Crippen LogP contribution in [0, 0.1) is 22.7 Å². The van der Waals surface area contributed by atoms with Gasteiger partial charge in [-0.25, -0.2) is 4.39 Å². The van der Waals surface area contributed by atoms with E-state index in [9.17, 15) is 14.7 Å². The molecule has 6 atom stereocenters. The first-order valence-corrected chi connectivity index (χ1v) is 8.87. The summed E-state index contributed by atoms with van der Waals surface area (Å²) in [7, 11) is 0. The molecule has 3 saturated carbocycles. The van der Waals surface area contributed by atoms with Crippen LogP contribution in [0.15, 0.2) is 11.6 Å². The van der Waals surface area contributed by atoms with Gasteiger partial charge in [0.1, 0.15) is 11.5 Å². The number of hydrogen-bond donors (Lipinski definition) is 1. The molecule has 23 heavy (non-hydrogen) atoms. The van der Waals surface area contributed by atoms with Gasteiger partial charge in [0.15, 0.2) is 5.78 Å². The first-order valence-electron chi connectivity index (χ1n) is 8.87. The number of rotatable bonds is 0. The van der Waals surface area contributed by atoms with Crippen LogP contribution in [0.1, 0.15) is 58.8 Å². The molecule has 3 nitrogen and oxygen atoms in total. The number of fused-ring (bicyclic) bond motifs is 5. The minimum Gasteiger partial charge on any atom is -0.390 e. The first-order chi connectivity index (χ1) is 10.7. The molecule has 0 aliphatic heterocycles. The Hall–Kier alpha value is -1.03. The maximum absolute atomic E-state index is 16.5. The highest BCUT2D eigenvalue weighted by molar-refractivity contribution is 5.92. The van der Waals surface area contributed by atoms with E-state index in [1.807, 2.05) is 13.8 Å². The molecule has 4 heteroatoms. The van der Waals surface area contributed by atoms with Crippen molar-refractivity contribution in [2.75, 3.05) is 0 Å². The second-order valence-electron chi connectivity index (χ2n) is 8.59. The number of Topliss-reactive ketones (excluding diaryl/α,β-unsaturated/α-hetero) is 1. The van der Waals surface area contributed by atoms with Crippen molar-refractivity contribution in [2.45, 2.75) is 70.6 Å². The summed E-state index contributed by atoms with van der Waals surface area (Å²) in [4.78, 5) is 24.1. The number of allylic oxidation sites excluding steroid dienone is 1. The average Bonchev–Trinajstić information content (AvgIpc) is 2.77. The standard InChI is InChI=1S/C19H25FO3/c1-17-10-16(23)19(20)14(13(17)5-6-15(17)22)4-3-11-9-12(21)7-8-18(11,19)2/h9,13-14,16,23H,3-8,10H2,1-2H3. The van der Waals surface area contributed by atoms with Crippen molar-refractivity contribution in [1.82, 2.24) is 0 Å². The maximum atomic E-state index is 16.5. The highest BCUT2D eigenvalue weighted by atomic mass is 19.1. The number of halogens is 1. The highest BCUT2D eigenvalue weighted by Gasteiger charge is 2.70. The summed E-state index contributed by atoms with van der Waals surface area (Å²) >= 11 is 0. The number of alkyl halides is 1. The molecule has 6 unspecified atom stereocenters. The van der Waals surface area contributed by atoms with Crippen molar-refractivity contribution in [3.05, 3.63) is 11.6 Å². The van der Waals surface area contributed by atoms with E-state index < -0.39 is 22.6 Å². The van der Waals surface area contributed by atoms with Gasteiger partial charge >= 0.3 is 0 Å². The lowest BCUT2D eigenvalue weighted by Gasteiger charge is -2.62. The fourth-order valence-corrected chi connectivity index (χ4v) is 6.34. The Kier molecular flexibility index (Phi) is 3.05. The van der Waals surface area contributed by atoms with Crippen LogP contribution in [0.4, 0.5) is 4.39 Å². The Labute approximate surface area is 136 Å². The molecule has 0 spiro atoms. The van der Waals surface area contributed by atoms with Crippen LogP contribution < -0.4 is 0 Å². The fraction of sp³-hybridized carbons (Fsp3) is 0.789. The second kappa shape index (κ2) is 4.53. The van der Waals surface area contributed by atoms with Gasteiger partial charge in [0.25, 0.3) is 0 Å². The van der Waals surface area contributed by atoms with Gasteiger partial charge in [0.2, 0.25) is 0 Å². The Bertz CT molecular complexity index is 626. The topological polar surface area (TPSA) is 54.4 Å². The van der Waals surface area contributed by atoms with Crippen molar-refractivity contribution in [1.29, 1.82) is 0 Å². The Balaban J connectivity index is 1.83. The van der Waals surface area contributed by atoms with E-state index in [0.717, 1.165) is 12.0 Å². The van der Waals surface area contributed by atoms with Crippen LogP contribution in [-0.4, -0.2) is 28.4 Å². The van der Waals surface area contributed by atoms with Crippen molar-refractivity contribution in [3.8, 4) is 0 Å². The zero-order valence-corrected chi connectivity index (χ0v) is 13.9. The minimum atomic E-state index is -1.72. The zero-order valence-electron chi connectivity index (χ0n) is 13.9. The van der Waals surface area contributed by atoms with Crippen LogP contribution in [0.5, 0.6) is 0 Å². The quantitative estimate of drug-likeness (QED) is 0.746. The Morgan fingerprint density at radius 1 is 1.13 bits per heavy atom. The first kappa shape index (κ1) is 15.5. The van der Waals surface area contributed by atoms with Crippen LogP contribution in [0.3, 0.4) is 0 Å². The van der Waals surface area contributed by atoms with Crippen LogP contribution in [-0.2, 0) is 9.59 Å². The smallest absolute Gasteiger partial charge is 0.155 e. The lowest BCUT2D eigenvalue weighted by atomic mass is 9.45. The molecular weight excluding hydrogens is 295 g/mol. The fourth-order valence-electron chi connectivity index (χ4n) is 6.34. The molecule has 0 bridgehead atoms. The summed E-state index contributed by atoms with van der Waals surface area (Å²) < 4.78 is 16.5. The van der Waals surface area contributed by atoms with Gasteiger partial charge in [0, 0.05) is 29.6 Å². The summed E-state index contributed by atoms with van der Waals surface area (Å²) in [6.07, 6.45) is 4.15. The van der Waals surface area contributed by atoms with E-state index in [1.54, 1.807) is 6.08 Å². The van der Waals surface area contributed by atoms with E-state index in [1.165, 1.54) is 0 Å². The van der Waals surface area contributed by atoms with E-state index in [0.29, 0.717) is 32.1 Å². The molecule has 3 fully saturated rings. The summed E-state index contributed by atoms with van der Waals surface area (Å²) in [5.41, 5.74) is -2.18. The lowest BCUT2D eigenvalue weighted by molar-refractivity contribution is -0.202. The molecule has 4 rings (SSSR count). The molecule has 126 valence electrons. The minimum absolute atomic E-state index is 0.0272. The molecular formula is C19H25FO3. The molecule has 0 aromatic rings. The summed E-state index contributed by atoms with van der Waals surface area (Å²) in [5, 5.41) is 10.8. The predicted molar refractivity (Wildman–Crippen MR) is 83.5 cm³/mol. The Morgan fingerprint density at radius 2 is 1.83 bits per heavy atom. The predicted octanol–water partition coefficient (Wildman–Crippen LogP) is 3.15. The van der Waals surface area contributed by atoms with Gasteiger partial charge in [-0.15, -0.1) is 0 Å². The molecule has 0 aromatic carbocycles. The number of carbonyl (C=O) groups is 2. The number of aliphatic hydroxyl groups is 1. The van der Waals surface area contributed by atoms with E-state index >= 15 is 4.39 Å². The molecule has 4 aliphatic rings. The molecule has 0 aromatic heterocycles. The van der Waals surface area contributed by atoms with E-state index in [-0.39, 0.29) is 29.8 Å². The van der Waals surface area contributed by atoms with Gasteiger partial charge in [-0.3, -0.25) is 9.59 Å². The third-order valence-electron chi connectivity index (χ3n) is 7.75. The van der Waals surface area contributed by atoms with Crippen molar-refractivity contribution in [3.63, 3.8) is 0 Å². The lowest BCUT2D eigenvalue weighted by Crippen LogP contribution is -2.67. The largest absolute Gasteiger partial charge is 0.390 e. The molecule has 0 heterocycles. The Morgan fingerprint density at radius 3 is 2.57 bits per heavy atom. The molecule has 1 N–H and O–H groups in total. The maximum Gasteiger partial charge on any atom is 0.155 e. The van der Waals surface area contributed by atoms with Crippen LogP contribution in [0.2, 0.25) is 0 Å². The molecule has 4 aliphatic carbocycles. The van der Waals surface area contributed by atoms with E-state index in [2.05, 4.69) is 0 Å². The number of ketones is 2.